The predicted octanol–water partition coefficient (Wildman–Crippen LogP) is 1.72. The van der Waals surface area contributed by atoms with Gasteiger partial charge in [-0.25, -0.2) is 14.4 Å². The lowest BCUT2D eigenvalue weighted by atomic mass is 9.88. The summed E-state index contributed by atoms with van der Waals surface area (Å²) in [7, 11) is 0. The summed E-state index contributed by atoms with van der Waals surface area (Å²) in [6.07, 6.45) is 4.73. The highest BCUT2D eigenvalue weighted by Gasteiger charge is 2.29. The van der Waals surface area contributed by atoms with Crippen LogP contribution in [0.4, 0.5) is 10.2 Å². The molecule has 0 aromatic carbocycles. The first kappa shape index (κ1) is 22.8. The van der Waals surface area contributed by atoms with Crippen LogP contribution < -0.4 is 22.1 Å². The summed E-state index contributed by atoms with van der Waals surface area (Å²) in [6, 6.07) is 3.28. The Morgan fingerprint density at radius 3 is 2.85 bits per heavy atom. The first-order valence-electron chi connectivity index (χ1n) is 11.0. The fourth-order valence-electron chi connectivity index (χ4n) is 4.08. The maximum absolute atomic E-state index is 13.6. The molecule has 0 radical (unpaired) electrons. The van der Waals surface area contributed by atoms with Gasteiger partial charge in [0.05, 0.1) is 17.6 Å². The van der Waals surface area contributed by atoms with Gasteiger partial charge >= 0.3 is 0 Å². The molecule has 1 saturated heterocycles. The van der Waals surface area contributed by atoms with Crippen molar-refractivity contribution in [3.8, 4) is 11.3 Å². The predicted molar refractivity (Wildman–Crippen MR) is 126 cm³/mol. The average molecular weight is 453 g/mol. The maximum Gasteiger partial charge on any atom is 0.274 e. The molecule has 1 fully saturated rings. The lowest BCUT2D eigenvalue weighted by Crippen LogP contribution is -2.49. The number of nitrogens with two attached hydrogens (primary N) is 2. The van der Waals surface area contributed by atoms with Gasteiger partial charge in [0, 0.05) is 61.3 Å². The van der Waals surface area contributed by atoms with Crippen LogP contribution in [-0.2, 0) is 0 Å². The number of amides is 1. The van der Waals surface area contributed by atoms with E-state index in [1.807, 2.05) is 6.07 Å². The van der Waals surface area contributed by atoms with Crippen LogP contribution in [-0.4, -0.2) is 58.4 Å². The number of alkyl halides is 1. The Labute approximate surface area is 192 Å². The van der Waals surface area contributed by atoms with Gasteiger partial charge in [-0.3, -0.25) is 14.8 Å². The molecule has 2 aromatic rings. The van der Waals surface area contributed by atoms with Crippen LogP contribution in [0.15, 0.2) is 35.7 Å². The molecule has 2 unspecified atom stereocenters. The second-order valence-corrected chi connectivity index (χ2v) is 9.26. The number of aromatic nitrogens is 3. The first-order chi connectivity index (χ1) is 15.8. The van der Waals surface area contributed by atoms with Crippen molar-refractivity contribution in [3.63, 3.8) is 0 Å². The molecule has 0 spiro atoms. The van der Waals surface area contributed by atoms with Gasteiger partial charge in [0.15, 0.2) is 11.5 Å². The van der Waals surface area contributed by atoms with Crippen LogP contribution in [0, 0.1) is 5.41 Å². The molecule has 2 atom stereocenters. The molecule has 10 heteroatoms. The van der Waals surface area contributed by atoms with Crippen molar-refractivity contribution >= 4 is 23.0 Å². The fraction of sp³-hybridized carbons (Fsp3) is 0.435. The van der Waals surface area contributed by atoms with Crippen molar-refractivity contribution in [3.05, 3.63) is 42.1 Å². The highest BCUT2D eigenvalue weighted by Crippen LogP contribution is 2.32. The van der Waals surface area contributed by atoms with Crippen LogP contribution in [0.2, 0.25) is 0 Å². The van der Waals surface area contributed by atoms with Gasteiger partial charge < -0.3 is 22.1 Å². The van der Waals surface area contributed by atoms with Crippen molar-refractivity contribution in [2.24, 2.45) is 16.1 Å². The number of pyridine rings is 1. The maximum atomic E-state index is 13.6. The molecule has 2 aliphatic rings. The minimum atomic E-state index is -1.01. The molecule has 4 rings (SSSR count). The highest BCUT2D eigenvalue weighted by atomic mass is 19.1. The van der Waals surface area contributed by atoms with Gasteiger partial charge in [0.1, 0.15) is 6.17 Å². The smallest absolute Gasteiger partial charge is 0.274 e. The third-order valence-electron chi connectivity index (χ3n) is 5.80. The van der Waals surface area contributed by atoms with Gasteiger partial charge in [-0.1, -0.05) is 13.8 Å². The molecule has 0 bridgehead atoms. The van der Waals surface area contributed by atoms with Crippen molar-refractivity contribution in [1.82, 2.24) is 25.6 Å². The Morgan fingerprint density at radius 2 is 2.15 bits per heavy atom. The minimum absolute atomic E-state index is 0.00310. The zero-order valence-electron chi connectivity index (χ0n) is 18.8. The number of anilines is 1. The van der Waals surface area contributed by atoms with Crippen LogP contribution in [0.5, 0.6) is 0 Å². The van der Waals surface area contributed by atoms with Crippen molar-refractivity contribution in [2.75, 3.05) is 25.4 Å². The third kappa shape index (κ3) is 5.16. The molecule has 0 aliphatic carbocycles. The summed E-state index contributed by atoms with van der Waals surface area (Å²) < 4.78 is 13.6. The van der Waals surface area contributed by atoms with E-state index in [0.717, 1.165) is 24.3 Å². The SMILES string of the molecule is CC1(C)CN=C(C(=CN)c2cc(-c3cnc(N)c(C(=O)NC4CNCC(F)C4)n3)ccn2)C1. The summed E-state index contributed by atoms with van der Waals surface area (Å²) in [5.74, 6) is -0.474. The summed E-state index contributed by atoms with van der Waals surface area (Å²) in [5, 5.41) is 5.75. The van der Waals surface area contributed by atoms with Crippen molar-refractivity contribution < 1.29 is 9.18 Å². The zero-order valence-corrected chi connectivity index (χ0v) is 18.8. The molecular weight excluding hydrogens is 423 g/mol. The van der Waals surface area contributed by atoms with E-state index in [0.29, 0.717) is 23.5 Å². The molecule has 9 nitrogen and oxygen atoms in total. The Morgan fingerprint density at radius 1 is 1.33 bits per heavy atom. The number of carbonyl (C=O) groups excluding carboxylic acids is 1. The molecule has 1 amide bonds. The Balaban J connectivity index is 1.58. The monoisotopic (exact) mass is 452 g/mol. The number of nitrogens with one attached hydrogen (secondary N) is 2. The topological polar surface area (TPSA) is 144 Å². The first-order valence-corrected chi connectivity index (χ1v) is 11.0. The summed E-state index contributed by atoms with van der Waals surface area (Å²) in [4.78, 5) is 30.5. The molecule has 2 aromatic heterocycles. The van der Waals surface area contributed by atoms with E-state index in [4.69, 9.17) is 11.5 Å². The number of nitrogen functional groups attached to an aromatic ring is 1. The number of hydrogen-bond acceptors (Lipinski definition) is 8. The minimum Gasteiger partial charge on any atom is -0.404 e. The number of halogens is 1. The number of hydrogen-bond donors (Lipinski definition) is 4. The lowest BCUT2D eigenvalue weighted by Gasteiger charge is -2.26. The van der Waals surface area contributed by atoms with Crippen LogP contribution >= 0.6 is 0 Å². The molecule has 2 aliphatic heterocycles. The van der Waals surface area contributed by atoms with Crippen molar-refractivity contribution in [1.29, 1.82) is 0 Å². The third-order valence-corrected chi connectivity index (χ3v) is 5.80. The zero-order chi connectivity index (χ0) is 23.6. The molecule has 4 heterocycles. The molecule has 6 N–H and O–H groups in total. The van der Waals surface area contributed by atoms with Crippen LogP contribution in [0.3, 0.4) is 0 Å². The Kier molecular flexibility index (Phi) is 6.37. The number of allylic oxidation sites excluding steroid dienone is 1. The summed E-state index contributed by atoms with van der Waals surface area (Å²) in [5.41, 5.74) is 15.5. The molecular formula is C23H29FN8O. The van der Waals surface area contributed by atoms with Gasteiger partial charge in [-0.2, -0.15) is 0 Å². The van der Waals surface area contributed by atoms with E-state index >= 15 is 0 Å². The van der Waals surface area contributed by atoms with E-state index < -0.39 is 12.1 Å². The summed E-state index contributed by atoms with van der Waals surface area (Å²) in [6.45, 7) is 5.84. The van der Waals surface area contributed by atoms with E-state index in [2.05, 4.69) is 44.4 Å². The van der Waals surface area contributed by atoms with Crippen molar-refractivity contribution in [2.45, 2.75) is 38.9 Å². The number of aliphatic imine (C=N–C) groups is 1. The quantitative estimate of drug-likeness (QED) is 0.541. The largest absolute Gasteiger partial charge is 0.404 e. The van der Waals surface area contributed by atoms with Crippen LogP contribution in [0.1, 0.15) is 42.9 Å². The highest BCUT2D eigenvalue weighted by molar-refractivity contribution is 6.24. The average Bonchev–Trinajstić information content (AvgIpc) is 3.14. The van der Waals surface area contributed by atoms with E-state index in [1.165, 1.54) is 12.4 Å². The van der Waals surface area contributed by atoms with Crippen LogP contribution in [0.25, 0.3) is 16.8 Å². The molecule has 174 valence electrons. The Bertz CT molecular complexity index is 1110. The fourth-order valence-corrected chi connectivity index (χ4v) is 4.08. The lowest BCUT2D eigenvalue weighted by molar-refractivity contribution is 0.0914. The normalized spacial score (nSPS) is 22.6. The van der Waals surface area contributed by atoms with Gasteiger partial charge in [0.2, 0.25) is 0 Å². The molecule has 33 heavy (non-hydrogen) atoms. The van der Waals surface area contributed by atoms with E-state index in [9.17, 15) is 9.18 Å². The van der Waals surface area contributed by atoms with E-state index in [-0.39, 0.29) is 35.9 Å². The number of nitrogens with zero attached hydrogens (tertiary/aromatic N) is 4. The second kappa shape index (κ2) is 9.22. The van der Waals surface area contributed by atoms with Gasteiger partial charge in [-0.05, 0) is 24.0 Å². The summed E-state index contributed by atoms with van der Waals surface area (Å²) >= 11 is 0. The van der Waals surface area contributed by atoms with Gasteiger partial charge in [-0.15, -0.1) is 0 Å². The second-order valence-electron chi connectivity index (χ2n) is 9.26. The van der Waals surface area contributed by atoms with Gasteiger partial charge in [0.25, 0.3) is 5.91 Å². The number of piperidine rings is 1. The number of carbonyl (C=O) groups is 1. The molecule has 0 saturated carbocycles. The number of rotatable bonds is 5. The Hall–Kier alpha value is -3.40. The standard InChI is InChI=1S/C23H29FN8O/c1-23(2)7-18(30-12-23)16(8-25)17-5-13(3-4-28-17)19-11-29-21(26)20(32-19)22(33)31-15-6-14(24)9-27-10-15/h3-5,8,11,14-15,27H,6-7,9-10,12,25H2,1-2H3,(H2,26,29)(H,31,33). The van der Waals surface area contributed by atoms with E-state index in [1.54, 1.807) is 12.3 Å².